The lowest BCUT2D eigenvalue weighted by Crippen LogP contribution is -2.42. The summed E-state index contributed by atoms with van der Waals surface area (Å²) in [6, 6.07) is 0.486. The molecule has 2 N–H and O–H groups in total. The zero-order valence-electron chi connectivity index (χ0n) is 10.2. The molecule has 1 saturated heterocycles. The minimum Gasteiger partial charge on any atom is -0.356 e. The van der Waals surface area contributed by atoms with E-state index in [2.05, 4.69) is 31.4 Å². The Labute approximate surface area is 93.0 Å². The minimum atomic E-state index is 0.230. The molecule has 88 valence electrons. The van der Waals surface area contributed by atoms with Crippen molar-refractivity contribution in [3.8, 4) is 0 Å². The highest BCUT2D eigenvalue weighted by atomic mass is 16.1. The van der Waals surface area contributed by atoms with Crippen molar-refractivity contribution in [1.29, 1.82) is 0 Å². The number of piperidine rings is 1. The Morgan fingerprint density at radius 2 is 2.27 bits per heavy atom. The summed E-state index contributed by atoms with van der Waals surface area (Å²) in [4.78, 5) is 11.8. The van der Waals surface area contributed by atoms with Crippen LogP contribution in [-0.4, -0.2) is 25.0 Å². The first-order valence-electron chi connectivity index (χ1n) is 6.10. The van der Waals surface area contributed by atoms with Gasteiger partial charge in [0.1, 0.15) is 0 Å². The number of carbonyl (C=O) groups excluding carboxylic acids is 1. The topological polar surface area (TPSA) is 41.1 Å². The van der Waals surface area contributed by atoms with Crippen LogP contribution in [-0.2, 0) is 4.79 Å². The van der Waals surface area contributed by atoms with Crippen LogP contribution in [0.4, 0.5) is 0 Å². The van der Waals surface area contributed by atoms with E-state index < -0.39 is 0 Å². The molecular formula is C12H24N2O. The maximum absolute atomic E-state index is 11.8. The standard InChI is InChI=1S/C12H24N2O/c1-9(2)4-6-14-12(15)11-5-7-13-10(3)8-11/h9-11,13H,4-8H2,1-3H3,(H,14,15). The molecule has 2 unspecified atom stereocenters. The van der Waals surface area contributed by atoms with Gasteiger partial charge >= 0.3 is 0 Å². The molecule has 0 aromatic rings. The molecule has 1 fully saturated rings. The summed E-state index contributed by atoms with van der Waals surface area (Å²) in [5.74, 6) is 1.15. The normalized spacial score (nSPS) is 26.7. The molecule has 0 spiro atoms. The molecule has 0 radical (unpaired) electrons. The Hall–Kier alpha value is -0.570. The van der Waals surface area contributed by atoms with Crippen molar-refractivity contribution >= 4 is 5.91 Å². The van der Waals surface area contributed by atoms with Crippen LogP contribution in [0.1, 0.15) is 40.0 Å². The monoisotopic (exact) mass is 212 g/mol. The lowest BCUT2D eigenvalue weighted by molar-refractivity contribution is -0.126. The van der Waals surface area contributed by atoms with E-state index in [4.69, 9.17) is 0 Å². The lowest BCUT2D eigenvalue weighted by atomic mass is 9.92. The summed E-state index contributed by atoms with van der Waals surface area (Å²) in [5.41, 5.74) is 0. The first-order valence-corrected chi connectivity index (χ1v) is 6.10. The number of carbonyl (C=O) groups is 1. The van der Waals surface area contributed by atoms with Crippen LogP contribution < -0.4 is 10.6 Å². The summed E-state index contributed by atoms with van der Waals surface area (Å²) < 4.78 is 0. The third kappa shape index (κ3) is 4.65. The number of nitrogens with one attached hydrogen (secondary N) is 2. The van der Waals surface area contributed by atoms with Crippen molar-refractivity contribution in [1.82, 2.24) is 10.6 Å². The number of rotatable bonds is 4. The summed E-state index contributed by atoms with van der Waals surface area (Å²) in [5, 5.41) is 6.40. The van der Waals surface area contributed by atoms with E-state index in [1.54, 1.807) is 0 Å². The number of amides is 1. The second-order valence-electron chi connectivity index (χ2n) is 5.05. The van der Waals surface area contributed by atoms with Gasteiger partial charge in [-0.2, -0.15) is 0 Å². The van der Waals surface area contributed by atoms with Crippen molar-refractivity contribution in [3.05, 3.63) is 0 Å². The van der Waals surface area contributed by atoms with E-state index in [1.807, 2.05) is 0 Å². The fourth-order valence-electron chi connectivity index (χ4n) is 2.00. The molecule has 3 nitrogen and oxygen atoms in total. The highest BCUT2D eigenvalue weighted by molar-refractivity contribution is 5.78. The van der Waals surface area contributed by atoms with E-state index in [0.29, 0.717) is 12.0 Å². The molecule has 1 rings (SSSR count). The predicted octanol–water partition coefficient (Wildman–Crippen LogP) is 1.54. The summed E-state index contributed by atoms with van der Waals surface area (Å²) >= 11 is 0. The maximum atomic E-state index is 11.8. The number of hydrogen-bond acceptors (Lipinski definition) is 2. The van der Waals surface area contributed by atoms with Crippen LogP contribution in [0.5, 0.6) is 0 Å². The summed E-state index contributed by atoms with van der Waals surface area (Å²) in [7, 11) is 0. The largest absolute Gasteiger partial charge is 0.356 e. The number of hydrogen-bond donors (Lipinski definition) is 2. The van der Waals surface area contributed by atoms with Gasteiger partial charge in [0.15, 0.2) is 0 Å². The van der Waals surface area contributed by atoms with Gasteiger partial charge in [-0.3, -0.25) is 4.79 Å². The fourth-order valence-corrected chi connectivity index (χ4v) is 2.00. The third-order valence-corrected chi connectivity index (χ3v) is 3.02. The summed E-state index contributed by atoms with van der Waals surface area (Å²) in [6.45, 7) is 8.31. The van der Waals surface area contributed by atoms with Crippen molar-refractivity contribution in [3.63, 3.8) is 0 Å². The smallest absolute Gasteiger partial charge is 0.223 e. The van der Waals surface area contributed by atoms with Crippen LogP contribution in [0.15, 0.2) is 0 Å². The zero-order valence-corrected chi connectivity index (χ0v) is 10.2. The van der Waals surface area contributed by atoms with Gasteiger partial charge < -0.3 is 10.6 Å². The van der Waals surface area contributed by atoms with E-state index in [1.165, 1.54) is 0 Å². The van der Waals surface area contributed by atoms with E-state index in [9.17, 15) is 4.79 Å². The van der Waals surface area contributed by atoms with Gasteiger partial charge in [-0.25, -0.2) is 0 Å². The Morgan fingerprint density at radius 3 is 2.87 bits per heavy atom. The van der Waals surface area contributed by atoms with Crippen LogP contribution in [0.2, 0.25) is 0 Å². The highest BCUT2D eigenvalue weighted by Crippen LogP contribution is 2.15. The molecule has 1 aliphatic rings. The Morgan fingerprint density at radius 1 is 1.53 bits per heavy atom. The second-order valence-corrected chi connectivity index (χ2v) is 5.05. The van der Waals surface area contributed by atoms with Crippen molar-refractivity contribution in [2.45, 2.75) is 46.1 Å². The van der Waals surface area contributed by atoms with Crippen LogP contribution in [0.3, 0.4) is 0 Å². The van der Waals surface area contributed by atoms with Gasteiger partial charge in [0.25, 0.3) is 0 Å². The molecular weight excluding hydrogens is 188 g/mol. The summed E-state index contributed by atoms with van der Waals surface area (Å²) in [6.07, 6.45) is 3.04. The van der Waals surface area contributed by atoms with E-state index >= 15 is 0 Å². The molecule has 0 bridgehead atoms. The van der Waals surface area contributed by atoms with Gasteiger partial charge in [0.05, 0.1) is 0 Å². The van der Waals surface area contributed by atoms with Gasteiger partial charge in [-0.1, -0.05) is 13.8 Å². The molecule has 15 heavy (non-hydrogen) atoms. The molecule has 3 heteroatoms. The van der Waals surface area contributed by atoms with Crippen molar-refractivity contribution < 1.29 is 4.79 Å². The molecule has 0 aliphatic carbocycles. The zero-order chi connectivity index (χ0) is 11.3. The first kappa shape index (κ1) is 12.5. The third-order valence-electron chi connectivity index (χ3n) is 3.02. The van der Waals surface area contributed by atoms with Crippen LogP contribution in [0, 0.1) is 11.8 Å². The van der Waals surface area contributed by atoms with Crippen molar-refractivity contribution in [2.24, 2.45) is 11.8 Å². The predicted molar refractivity (Wildman–Crippen MR) is 62.7 cm³/mol. The van der Waals surface area contributed by atoms with Crippen LogP contribution >= 0.6 is 0 Å². The van der Waals surface area contributed by atoms with Gasteiger partial charge in [0, 0.05) is 18.5 Å². The fraction of sp³-hybridized carbons (Fsp3) is 0.917. The molecule has 1 amide bonds. The first-order chi connectivity index (χ1) is 7.09. The Kier molecular flexibility index (Phi) is 5.09. The van der Waals surface area contributed by atoms with Crippen LogP contribution in [0.25, 0.3) is 0 Å². The molecule has 0 saturated carbocycles. The molecule has 0 aromatic heterocycles. The van der Waals surface area contributed by atoms with E-state index in [-0.39, 0.29) is 11.8 Å². The van der Waals surface area contributed by atoms with Gasteiger partial charge in [-0.05, 0) is 38.6 Å². The quantitative estimate of drug-likeness (QED) is 0.742. The van der Waals surface area contributed by atoms with Crippen molar-refractivity contribution in [2.75, 3.05) is 13.1 Å². The van der Waals surface area contributed by atoms with E-state index in [0.717, 1.165) is 32.4 Å². The average Bonchev–Trinajstić information content (AvgIpc) is 2.17. The highest BCUT2D eigenvalue weighted by Gasteiger charge is 2.24. The molecule has 0 aromatic carbocycles. The average molecular weight is 212 g/mol. The molecule has 2 atom stereocenters. The second kappa shape index (κ2) is 6.11. The molecule has 1 heterocycles. The SMILES string of the molecule is CC(C)CCNC(=O)C1CCNC(C)C1. The molecule has 1 aliphatic heterocycles. The Balaban J connectivity index is 2.21. The minimum absolute atomic E-state index is 0.230. The lowest BCUT2D eigenvalue weighted by Gasteiger charge is -2.27. The maximum Gasteiger partial charge on any atom is 0.223 e. The van der Waals surface area contributed by atoms with Gasteiger partial charge in [0.2, 0.25) is 5.91 Å². The van der Waals surface area contributed by atoms with Gasteiger partial charge in [-0.15, -0.1) is 0 Å². The Bertz CT molecular complexity index is 204.